The summed E-state index contributed by atoms with van der Waals surface area (Å²) in [5.41, 5.74) is 0.0731. The van der Waals surface area contributed by atoms with E-state index in [1.807, 2.05) is 0 Å². The van der Waals surface area contributed by atoms with Crippen molar-refractivity contribution in [2.75, 3.05) is 0 Å². The fourth-order valence-electron chi connectivity index (χ4n) is 2.10. The number of nitrogens with zero attached hydrogens (tertiary/aromatic N) is 2. The van der Waals surface area contributed by atoms with Gasteiger partial charge in [-0.25, -0.2) is 27.3 Å². The Labute approximate surface area is 135 Å². The summed E-state index contributed by atoms with van der Waals surface area (Å²) >= 11 is 6.43. The highest BCUT2D eigenvalue weighted by Gasteiger charge is 2.71. The lowest BCUT2D eigenvalue weighted by Gasteiger charge is -1.99. The Morgan fingerprint density at radius 2 is 2.14 bits per heavy atom. The van der Waals surface area contributed by atoms with E-state index in [9.17, 15) is 17.2 Å². The Kier molecular flexibility index (Phi) is 4.54. The van der Waals surface area contributed by atoms with Crippen LogP contribution in [-0.4, -0.2) is 23.7 Å². The van der Waals surface area contributed by atoms with Crippen LogP contribution in [0.5, 0.6) is 0 Å². The summed E-state index contributed by atoms with van der Waals surface area (Å²) in [5, 5.41) is 4.98. The maximum atomic E-state index is 13.9. The van der Waals surface area contributed by atoms with Crippen LogP contribution in [0.2, 0.25) is 4.47 Å². The number of sulfonamides is 1. The highest BCUT2D eigenvalue weighted by atomic mass is 35.5. The third-order valence-electron chi connectivity index (χ3n) is 3.22. The summed E-state index contributed by atoms with van der Waals surface area (Å²) in [6.07, 6.45) is 3.63. The average Bonchev–Trinajstić information content (AvgIpc) is 2.73. The van der Waals surface area contributed by atoms with E-state index in [1.165, 1.54) is 19.1 Å². The maximum Gasteiger partial charge on any atom is 0.266 e. The van der Waals surface area contributed by atoms with Gasteiger partial charge in [0.25, 0.3) is 5.92 Å². The smallest absolute Gasteiger partial charge is 0.225 e. The molecule has 2 N–H and O–H groups in total. The van der Waals surface area contributed by atoms with Gasteiger partial charge in [0.1, 0.15) is 0 Å². The average molecular weight is 368 g/mol. The van der Waals surface area contributed by atoms with E-state index in [2.05, 4.69) is 15.9 Å². The zero-order valence-corrected chi connectivity index (χ0v) is 13.7. The second-order valence-corrected chi connectivity index (χ2v) is 7.58. The first-order valence-electron chi connectivity index (χ1n) is 6.02. The van der Waals surface area contributed by atoms with Gasteiger partial charge in [-0.15, -0.1) is 0 Å². The number of nitrogens with two attached hydrogens (primary N) is 1. The molecule has 1 aromatic rings. The fraction of sp³-hybridized carbons (Fsp3) is 0.333. The lowest BCUT2D eigenvalue weighted by molar-refractivity contribution is 0.0987. The van der Waals surface area contributed by atoms with Crippen LogP contribution < -0.4 is 5.14 Å². The molecule has 0 radical (unpaired) electrons. The van der Waals surface area contributed by atoms with Crippen molar-refractivity contribution in [3.05, 3.63) is 45.6 Å². The van der Waals surface area contributed by atoms with Crippen molar-refractivity contribution in [2.45, 2.75) is 18.8 Å². The minimum atomic E-state index is -3.90. The van der Waals surface area contributed by atoms with Gasteiger partial charge in [-0.05, 0) is 41.7 Å². The molecule has 0 aliphatic heterocycles. The van der Waals surface area contributed by atoms with Crippen LogP contribution in [0.3, 0.4) is 0 Å². The Balaban J connectivity index is 2.17. The standard InChI is InChI=1S/C12H12ClF2N3O2S2/c1-3-7(22(16,19)20)5-4-6(2)8-9(12(8,14)15)10-17-11(13)21-18-10/h3-5,8-9H,2H2,1H3,(H2,16,19,20)/b5-4-,7-3+/t8-,9+/m1/s1. The van der Waals surface area contributed by atoms with Crippen LogP contribution in [0.4, 0.5) is 8.78 Å². The molecule has 120 valence electrons. The van der Waals surface area contributed by atoms with E-state index in [0.29, 0.717) is 0 Å². The summed E-state index contributed by atoms with van der Waals surface area (Å²) in [6, 6.07) is 0. The molecule has 0 bridgehead atoms. The van der Waals surface area contributed by atoms with E-state index in [-0.39, 0.29) is 20.8 Å². The lowest BCUT2D eigenvalue weighted by atomic mass is 10.1. The van der Waals surface area contributed by atoms with Gasteiger partial charge >= 0.3 is 0 Å². The molecule has 0 aromatic carbocycles. The zero-order chi connectivity index (χ0) is 16.7. The van der Waals surface area contributed by atoms with E-state index >= 15 is 0 Å². The summed E-state index contributed by atoms with van der Waals surface area (Å²) in [6.45, 7) is 5.04. The minimum absolute atomic E-state index is 0.0303. The van der Waals surface area contributed by atoms with E-state index in [4.69, 9.17) is 16.7 Å². The Morgan fingerprint density at radius 3 is 2.59 bits per heavy atom. The third kappa shape index (κ3) is 3.27. The first kappa shape index (κ1) is 17.2. The number of hydrogen-bond donors (Lipinski definition) is 1. The van der Waals surface area contributed by atoms with Crippen LogP contribution in [0.1, 0.15) is 18.7 Å². The Bertz CT molecular complexity index is 771. The van der Waals surface area contributed by atoms with Gasteiger partial charge in [0.2, 0.25) is 14.5 Å². The fourth-order valence-corrected chi connectivity index (χ4v) is 3.33. The zero-order valence-electron chi connectivity index (χ0n) is 11.3. The summed E-state index contributed by atoms with van der Waals surface area (Å²) in [5.74, 6) is -5.45. The Morgan fingerprint density at radius 1 is 1.50 bits per heavy atom. The number of hydrogen-bond acceptors (Lipinski definition) is 5. The van der Waals surface area contributed by atoms with Crippen LogP contribution in [-0.2, 0) is 10.0 Å². The molecule has 0 unspecified atom stereocenters. The van der Waals surface area contributed by atoms with Crippen molar-refractivity contribution >= 4 is 33.2 Å². The lowest BCUT2D eigenvalue weighted by Crippen LogP contribution is -2.13. The Hall–Kier alpha value is -1.16. The SMILES string of the molecule is C=C(/C=C\C(=C/C)S(N)(=O)=O)[C@@H]1[C@@H](c2nsc(Cl)n2)C1(F)F. The van der Waals surface area contributed by atoms with Crippen molar-refractivity contribution in [2.24, 2.45) is 11.1 Å². The molecule has 1 aliphatic rings. The second-order valence-electron chi connectivity index (χ2n) is 4.68. The molecular formula is C12H12ClF2N3O2S2. The first-order chi connectivity index (χ1) is 10.1. The third-order valence-corrected chi connectivity index (χ3v) is 5.06. The van der Waals surface area contributed by atoms with Crippen molar-refractivity contribution in [3.8, 4) is 0 Å². The normalized spacial score (nSPS) is 24.7. The van der Waals surface area contributed by atoms with Gasteiger partial charge in [-0.1, -0.05) is 18.7 Å². The molecule has 1 fully saturated rings. The molecule has 0 amide bonds. The molecule has 2 rings (SSSR count). The summed E-state index contributed by atoms with van der Waals surface area (Å²) in [4.78, 5) is 3.58. The first-order valence-corrected chi connectivity index (χ1v) is 8.71. The molecule has 10 heteroatoms. The van der Waals surface area contributed by atoms with E-state index in [1.54, 1.807) is 0 Å². The molecule has 1 saturated carbocycles. The largest absolute Gasteiger partial charge is 0.266 e. The minimum Gasteiger partial charge on any atom is -0.225 e. The quantitative estimate of drug-likeness (QED) is 0.811. The molecule has 0 saturated heterocycles. The molecule has 0 spiro atoms. The van der Waals surface area contributed by atoms with Gasteiger partial charge in [-0.3, -0.25) is 0 Å². The van der Waals surface area contributed by atoms with Crippen LogP contribution in [0.15, 0.2) is 35.3 Å². The molecule has 1 heterocycles. The second kappa shape index (κ2) is 5.80. The number of alkyl halides is 2. The van der Waals surface area contributed by atoms with Gasteiger partial charge in [0.15, 0.2) is 5.82 Å². The van der Waals surface area contributed by atoms with Crippen molar-refractivity contribution < 1.29 is 17.2 Å². The number of rotatable bonds is 5. The maximum absolute atomic E-state index is 13.9. The molecular weight excluding hydrogens is 356 g/mol. The van der Waals surface area contributed by atoms with Gasteiger partial charge < -0.3 is 0 Å². The number of aromatic nitrogens is 2. The predicted molar refractivity (Wildman–Crippen MR) is 81.2 cm³/mol. The molecule has 5 nitrogen and oxygen atoms in total. The van der Waals surface area contributed by atoms with Gasteiger partial charge in [0.05, 0.1) is 16.7 Å². The topological polar surface area (TPSA) is 85.9 Å². The highest BCUT2D eigenvalue weighted by molar-refractivity contribution is 7.93. The number of primary sulfonamides is 1. The molecule has 1 aliphatic carbocycles. The van der Waals surface area contributed by atoms with Crippen molar-refractivity contribution in [1.29, 1.82) is 0 Å². The van der Waals surface area contributed by atoms with Gasteiger partial charge in [-0.2, -0.15) is 4.37 Å². The van der Waals surface area contributed by atoms with E-state index in [0.717, 1.165) is 17.6 Å². The van der Waals surface area contributed by atoms with E-state index < -0.39 is 27.8 Å². The number of halogens is 3. The van der Waals surface area contributed by atoms with Crippen molar-refractivity contribution in [1.82, 2.24) is 9.36 Å². The monoisotopic (exact) mass is 367 g/mol. The highest BCUT2D eigenvalue weighted by Crippen LogP contribution is 2.64. The molecule has 2 atom stereocenters. The number of allylic oxidation sites excluding steroid dienone is 4. The van der Waals surface area contributed by atoms with Crippen LogP contribution in [0.25, 0.3) is 0 Å². The summed E-state index contributed by atoms with van der Waals surface area (Å²) in [7, 11) is -3.90. The van der Waals surface area contributed by atoms with Crippen molar-refractivity contribution in [3.63, 3.8) is 0 Å². The van der Waals surface area contributed by atoms with Crippen LogP contribution >= 0.6 is 23.1 Å². The van der Waals surface area contributed by atoms with Crippen LogP contribution in [0, 0.1) is 5.92 Å². The molecule has 22 heavy (non-hydrogen) atoms. The molecule has 1 aromatic heterocycles. The van der Waals surface area contributed by atoms with Gasteiger partial charge in [0, 0.05) is 0 Å². The summed E-state index contributed by atoms with van der Waals surface area (Å²) < 4.78 is 54.1. The predicted octanol–water partition coefficient (Wildman–Crippen LogP) is 2.84.